The van der Waals surface area contributed by atoms with Gasteiger partial charge in [0.25, 0.3) is 0 Å². The highest BCUT2D eigenvalue weighted by Crippen LogP contribution is 2.60. The molecule has 9 atom stereocenters. The molecule has 0 radical (unpaired) electrons. The Bertz CT molecular complexity index is 869. The van der Waals surface area contributed by atoms with Gasteiger partial charge in [-0.25, -0.2) is 9.13 Å². The Balaban J connectivity index is 2.18. The Labute approximate surface area is 178 Å². The Kier molecular flexibility index (Phi) is 8.05. The molecule has 0 aliphatic heterocycles. The van der Waals surface area contributed by atoms with E-state index in [-0.39, 0.29) is 12.6 Å². The van der Waals surface area contributed by atoms with Crippen molar-refractivity contribution in [2.75, 3.05) is 6.61 Å². The lowest BCUT2D eigenvalue weighted by atomic mass is 9.87. The molecule has 7 N–H and O–H groups in total. The van der Waals surface area contributed by atoms with Gasteiger partial charge in [-0.2, -0.15) is 0 Å². The topological polar surface area (TPSA) is 272 Å². The van der Waals surface area contributed by atoms with Crippen LogP contribution in [0.25, 0.3) is 0 Å². The number of hydrogen-bond acceptors (Lipinski definition) is 13. The van der Waals surface area contributed by atoms with E-state index in [0.29, 0.717) is 0 Å². The first kappa shape index (κ1) is 27.0. The summed E-state index contributed by atoms with van der Waals surface area (Å²) >= 11 is 0. The van der Waals surface area contributed by atoms with E-state index in [4.69, 9.17) is 9.79 Å². The molecule has 0 aromatic rings. The number of ketones is 2. The highest BCUT2D eigenvalue weighted by atomic mass is 31.2. The lowest BCUT2D eigenvalue weighted by molar-refractivity contribution is -0.176. The fraction of sp³-hybridized carbons (Fsp3) is 0.714. The molecule has 0 aromatic carbocycles. The van der Waals surface area contributed by atoms with Crippen LogP contribution in [0, 0.1) is 11.8 Å². The largest absolute Gasteiger partial charge is 0.472 e. The summed E-state index contributed by atoms with van der Waals surface area (Å²) in [4.78, 5) is 71.5. The van der Waals surface area contributed by atoms with Crippen molar-refractivity contribution in [3.05, 3.63) is 0 Å². The minimum Gasteiger partial charge on any atom is -0.390 e. The van der Waals surface area contributed by atoms with Gasteiger partial charge >= 0.3 is 15.6 Å². The van der Waals surface area contributed by atoms with E-state index in [0.717, 1.165) is 0 Å². The Morgan fingerprint density at radius 3 is 2.09 bits per heavy atom. The Morgan fingerprint density at radius 2 is 1.59 bits per heavy atom. The number of aliphatic hydroxyl groups is 4. The average molecular weight is 506 g/mol. The van der Waals surface area contributed by atoms with Crippen molar-refractivity contribution in [1.82, 2.24) is 0 Å². The van der Waals surface area contributed by atoms with Crippen molar-refractivity contribution in [1.29, 1.82) is 0 Å². The van der Waals surface area contributed by atoms with Gasteiger partial charge in [-0.15, -0.1) is 0 Å². The number of carbonyl (C=O) groups excluding carboxylic acids is 4. The number of hydrogen-bond donors (Lipinski definition) is 7. The fourth-order valence-corrected chi connectivity index (χ4v) is 5.07. The number of aldehydes is 2. The fourth-order valence-electron chi connectivity index (χ4n) is 3.49. The SMILES string of the molecule is O=CC(=O)C[C@H](COP(=O)(O)OC1C(O)[C@@H](OP(=O)(O)O)C(O)[C@H]2C(O)C12O)C(=O)C=O. The van der Waals surface area contributed by atoms with Crippen LogP contribution in [0.15, 0.2) is 0 Å². The van der Waals surface area contributed by atoms with Gasteiger partial charge in [-0.05, 0) is 0 Å². The van der Waals surface area contributed by atoms with Gasteiger partial charge in [-0.3, -0.25) is 32.7 Å². The van der Waals surface area contributed by atoms with Crippen LogP contribution in [0.2, 0.25) is 0 Å². The Morgan fingerprint density at radius 1 is 1.00 bits per heavy atom. The summed E-state index contributed by atoms with van der Waals surface area (Å²) < 4.78 is 36.7. The standard InChI is InChI=1S/C14H20O16P2/c15-2-6(17)1-5(7(18)3-16)4-28-32(26,27)30-13-10(20)11(29-31(23,24)25)9(19)8-12(21)14(8,13)22/h2-3,5,8-13,19-22H,1,4H2,(H,26,27)(H2,23,24,25)/t5-,8+,9?,10?,11+,12?,13?,14?/m1/s1. The number of Topliss-reactive ketones (excluding diaryl/α,β-unsaturated/α-hetero) is 2. The van der Waals surface area contributed by atoms with Gasteiger partial charge in [0.05, 0.1) is 30.7 Å². The average Bonchev–Trinajstić information content (AvgIpc) is 3.26. The summed E-state index contributed by atoms with van der Waals surface area (Å²) in [6, 6.07) is 0. The van der Waals surface area contributed by atoms with Crippen molar-refractivity contribution < 1.29 is 77.0 Å². The minimum atomic E-state index is -5.36. The number of aliphatic hydroxyl groups excluding tert-OH is 3. The number of carbonyl (C=O) groups is 4. The monoisotopic (exact) mass is 506 g/mol. The van der Waals surface area contributed by atoms with E-state index in [1.54, 1.807) is 0 Å². The molecular formula is C14H20O16P2. The molecule has 2 aliphatic rings. The van der Waals surface area contributed by atoms with Gasteiger partial charge in [0.15, 0.2) is 18.4 Å². The quantitative estimate of drug-likeness (QED) is 0.0754. The molecule has 2 saturated carbocycles. The van der Waals surface area contributed by atoms with Gasteiger partial charge in [0.2, 0.25) is 5.78 Å². The number of phosphoric acid groups is 2. The van der Waals surface area contributed by atoms with Gasteiger partial charge in [0, 0.05) is 6.42 Å². The minimum absolute atomic E-state index is 0.158. The third-order valence-electron chi connectivity index (χ3n) is 5.09. The zero-order valence-corrected chi connectivity index (χ0v) is 17.6. The first-order valence-corrected chi connectivity index (χ1v) is 11.7. The lowest BCUT2D eigenvalue weighted by Crippen LogP contribution is -2.58. The summed E-state index contributed by atoms with van der Waals surface area (Å²) in [7, 11) is -10.7. The van der Waals surface area contributed by atoms with Crippen LogP contribution in [0.1, 0.15) is 6.42 Å². The van der Waals surface area contributed by atoms with Crippen molar-refractivity contribution >= 4 is 39.8 Å². The second kappa shape index (κ2) is 9.54. The first-order valence-electron chi connectivity index (χ1n) is 8.72. The van der Waals surface area contributed by atoms with Crippen LogP contribution in [-0.2, 0) is 41.9 Å². The van der Waals surface area contributed by atoms with Crippen LogP contribution >= 0.6 is 15.6 Å². The molecule has 16 nitrogen and oxygen atoms in total. The maximum atomic E-state index is 12.3. The first-order chi connectivity index (χ1) is 14.6. The molecule has 0 heterocycles. The summed E-state index contributed by atoms with van der Waals surface area (Å²) in [5.41, 5.74) is -2.54. The molecular weight excluding hydrogens is 486 g/mol. The molecule has 0 saturated heterocycles. The summed E-state index contributed by atoms with van der Waals surface area (Å²) in [5, 5.41) is 40.6. The molecule has 0 spiro atoms. The molecule has 0 bridgehead atoms. The number of rotatable bonds is 12. The molecule has 182 valence electrons. The van der Waals surface area contributed by atoms with Crippen LogP contribution in [-0.4, -0.2) is 102 Å². The molecule has 6 unspecified atom stereocenters. The molecule has 2 aliphatic carbocycles. The van der Waals surface area contributed by atoms with E-state index in [2.05, 4.69) is 13.6 Å². The van der Waals surface area contributed by atoms with Crippen molar-refractivity contribution in [2.45, 2.75) is 42.5 Å². The van der Waals surface area contributed by atoms with Gasteiger partial charge < -0.3 is 35.1 Å². The number of fused-ring (bicyclic) bond motifs is 1. The van der Waals surface area contributed by atoms with Crippen molar-refractivity contribution in [3.8, 4) is 0 Å². The zero-order valence-electron chi connectivity index (χ0n) is 15.8. The third kappa shape index (κ3) is 5.62. The Hall–Kier alpha value is -1.26. The zero-order chi connectivity index (χ0) is 24.6. The molecule has 0 amide bonds. The maximum absolute atomic E-state index is 12.3. The van der Waals surface area contributed by atoms with Gasteiger partial charge in [-0.1, -0.05) is 0 Å². The maximum Gasteiger partial charge on any atom is 0.472 e. The summed E-state index contributed by atoms with van der Waals surface area (Å²) in [6.07, 6.45) is -11.9. The summed E-state index contributed by atoms with van der Waals surface area (Å²) in [5.74, 6) is -5.63. The van der Waals surface area contributed by atoms with Crippen molar-refractivity contribution in [2.24, 2.45) is 11.8 Å². The predicted molar refractivity (Wildman–Crippen MR) is 94.3 cm³/mol. The second-order valence-corrected chi connectivity index (χ2v) is 9.79. The molecule has 2 rings (SSSR count). The smallest absolute Gasteiger partial charge is 0.390 e. The number of phosphoric ester groups is 2. The van der Waals surface area contributed by atoms with Crippen LogP contribution in [0.3, 0.4) is 0 Å². The lowest BCUT2D eigenvalue weighted by Gasteiger charge is -2.39. The van der Waals surface area contributed by atoms with Crippen LogP contribution in [0.4, 0.5) is 0 Å². The molecule has 2 fully saturated rings. The van der Waals surface area contributed by atoms with E-state index >= 15 is 0 Å². The van der Waals surface area contributed by atoms with Gasteiger partial charge in [0.1, 0.15) is 23.9 Å². The highest BCUT2D eigenvalue weighted by Gasteiger charge is 2.78. The van der Waals surface area contributed by atoms with E-state index < -0.39 is 88.2 Å². The normalized spacial score (nSPS) is 37.0. The second-order valence-electron chi connectivity index (χ2n) is 7.20. The molecule has 0 aromatic heterocycles. The van der Waals surface area contributed by atoms with E-state index in [1.165, 1.54) is 0 Å². The van der Waals surface area contributed by atoms with Crippen LogP contribution < -0.4 is 0 Å². The summed E-state index contributed by atoms with van der Waals surface area (Å²) in [6.45, 7) is -1.09. The predicted octanol–water partition coefficient (Wildman–Crippen LogP) is -4.03. The molecule has 32 heavy (non-hydrogen) atoms. The van der Waals surface area contributed by atoms with Crippen LogP contribution in [0.5, 0.6) is 0 Å². The van der Waals surface area contributed by atoms with E-state index in [1.807, 2.05) is 0 Å². The third-order valence-corrected chi connectivity index (χ3v) is 6.58. The highest BCUT2D eigenvalue weighted by molar-refractivity contribution is 7.47. The molecule has 18 heteroatoms. The van der Waals surface area contributed by atoms with Crippen molar-refractivity contribution in [3.63, 3.8) is 0 Å². The van der Waals surface area contributed by atoms with E-state index in [9.17, 15) is 53.6 Å².